The Morgan fingerprint density at radius 3 is 2.58 bits per heavy atom. The van der Waals surface area contributed by atoms with Crippen molar-refractivity contribution in [2.45, 2.75) is 44.4 Å². The number of amides is 1. The first-order valence-corrected chi connectivity index (χ1v) is 12.9. The van der Waals surface area contributed by atoms with E-state index in [4.69, 9.17) is 15.6 Å². The van der Waals surface area contributed by atoms with Gasteiger partial charge in [0.15, 0.2) is 0 Å². The first-order valence-electron chi connectivity index (χ1n) is 12.9. The lowest BCUT2D eigenvalue weighted by Crippen LogP contribution is -2.36. The van der Waals surface area contributed by atoms with Gasteiger partial charge in [-0.3, -0.25) is 20.5 Å². The zero-order valence-corrected chi connectivity index (χ0v) is 21.4. The van der Waals surface area contributed by atoms with Gasteiger partial charge in [0, 0.05) is 43.9 Å². The minimum atomic E-state index is -4.58. The molecule has 2 aromatic rings. The molecule has 7 nitrogen and oxygen atoms in total. The second-order valence-corrected chi connectivity index (χ2v) is 10.3. The zero-order chi connectivity index (χ0) is 27.0. The van der Waals surface area contributed by atoms with Gasteiger partial charge in [0.1, 0.15) is 5.84 Å². The molecule has 1 unspecified atom stereocenters. The monoisotopic (exact) mass is 527 g/mol. The topological polar surface area (TPSA) is 83.7 Å². The molecular weight excluding hydrogens is 495 g/mol. The molecule has 1 atom stereocenters. The lowest BCUT2D eigenvalue weighted by molar-refractivity contribution is -0.138. The van der Waals surface area contributed by atoms with Crippen molar-refractivity contribution in [3.8, 4) is 0 Å². The third kappa shape index (κ3) is 5.07. The molecule has 2 aromatic carbocycles. The van der Waals surface area contributed by atoms with Gasteiger partial charge in [0.05, 0.1) is 31.7 Å². The van der Waals surface area contributed by atoms with E-state index in [0.717, 1.165) is 31.2 Å². The molecule has 2 fully saturated rings. The number of hydrogen-bond donors (Lipinski definition) is 2. The number of rotatable bonds is 7. The van der Waals surface area contributed by atoms with Crippen LogP contribution in [0.2, 0.25) is 0 Å². The van der Waals surface area contributed by atoms with Crippen molar-refractivity contribution in [1.82, 2.24) is 9.80 Å². The van der Waals surface area contributed by atoms with Crippen molar-refractivity contribution < 1.29 is 22.7 Å². The van der Waals surface area contributed by atoms with Crippen molar-refractivity contribution in [1.29, 1.82) is 10.8 Å². The molecule has 0 bridgehead atoms. The molecule has 2 N–H and O–H groups in total. The normalized spacial score (nSPS) is 19.2. The van der Waals surface area contributed by atoms with Crippen molar-refractivity contribution in [3.05, 3.63) is 64.2 Å². The standard InChI is InChI=1S/C28H32F3N5O2/c1-34(17-32)26(33)25(19-4-2-5-19)20-6-3-7-21(14-20)36-16-23-22(27(36)37)12-18(13-24(23)28(29,30)31)15-35-8-10-38-11-9-35/h3,6-7,12-14,17,19,25,32-33H,2,4-5,8-11,15-16H2,1H3. The Labute approximate surface area is 220 Å². The predicted molar refractivity (Wildman–Crippen MR) is 139 cm³/mol. The number of anilines is 1. The number of hydrogen-bond acceptors (Lipinski definition) is 5. The van der Waals surface area contributed by atoms with Gasteiger partial charge in [0.2, 0.25) is 0 Å². The number of fused-ring (bicyclic) bond motifs is 1. The number of benzene rings is 2. The van der Waals surface area contributed by atoms with Crippen LogP contribution in [0.3, 0.4) is 0 Å². The highest BCUT2D eigenvalue weighted by Gasteiger charge is 2.41. The summed E-state index contributed by atoms with van der Waals surface area (Å²) in [5, 5.41) is 16.2. The van der Waals surface area contributed by atoms with Gasteiger partial charge in [-0.2, -0.15) is 13.2 Å². The molecule has 1 saturated carbocycles. The summed E-state index contributed by atoms with van der Waals surface area (Å²) in [5.41, 5.74) is 1.16. The highest BCUT2D eigenvalue weighted by Crippen LogP contribution is 2.43. The van der Waals surface area contributed by atoms with Gasteiger partial charge in [-0.1, -0.05) is 18.6 Å². The highest BCUT2D eigenvalue weighted by molar-refractivity contribution is 6.10. The number of nitrogens with zero attached hydrogens (tertiary/aromatic N) is 3. The highest BCUT2D eigenvalue weighted by atomic mass is 19.4. The fourth-order valence-electron chi connectivity index (χ4n) is 5.64. The minimum Gasteiger partial charge on any atom is -0.379 e. The van der Waals surface area contributed by atoms with Crippen LogP contribution >= 0.6 is 0 Å². The summed E-state index contributed by atoms with van der Waals surface area (Å²) < 4.78 is 47.8. The first-order chi connectivity index (χ1) is 18.2. The number of nitrogens with one attached hydrogen (secondary N) is 2. The number of halogens is 3. The Kier molecular flexibility index (Phi) is 7.28. The number of carbonyl (C=O) groups excluding carboxylic acids is 1. The number of morpholine rings is 1. The molecule has 38 heavy (non-hydrogen) atoms. The van der Waals surface area contributed by atoms with Crippen molar-refractivity contribution in [2.24, 2.45) is 5.92 Å². The summed E-state index contributed by atoms with van der Waals surface area (Å²) in [5.74, 6) is -0.143. The lowest BCUT2D eigenvalue weighted by Gasteiger charge is -2.36. The molecule has 3 aliphatic rings. The smallest absolute Gasteiger partial charge is 0.379 e. The molecule has 1 saturated heterocycles. The number of ether oxygens (including phenoxy) is 1. The Morgan fingerprint density at radius 1 is 1.21 bits per heavy atom. The number of carbonyl (C=O) groups is 1. The van der Waals surface area contributed by atoms with E-state index in [1.54, 1.807) is 25.2 Å². The summed E-state index contributed by atoms with van der Waals surface area (Å²) >= 11 is 0. The predicted octanol–water partition coefficient (Wildman–Crippen LogP) is 5.10. The van der Waals surface area contributed by atoms with Crippen LogP contribution in [0, 0.1) is 16.7 Å². The Bertz CT molecular complexity index is 1240. The van der Waals surface area contributed by atoms with E-state index in [0.29, 0.717) is 49.9 Å². The van der Waals surface area contributed by atoms with Gasteiger partial charge < -0.3 is 14.5 Å². The molecule has 0 radical (unpaired) electrons. The molecule has 1 amide bonds. The fraction of sp³-hybridized carbons (Fsp3) is 0.464. The lowest BCUT2D eigenvalue weighted by atomic mass is 9.72. The van der Waals surface area contributed by atoms with Crippen LogP contribution in [0.5, 0.6) is 0 Å². The summed E-state index contributed by atoms with van der Waals surface area (Å²) in [6, 6.07) is 10.0. The van der Waals surface area contributed by atoms with Crippen LogP contribution in [-0.2, 0) is 24.0 Å². The Morgan fingerprint density at radius 2 is 1.95 bits per heavy atom. The summed E-state index contributed by atoms with van der Waals surface area (Å²) in [4.78, 5) is 18.4. The van der Waals surface area contributed by atoms with Crippen molar-refractivity contribution >= 4 is 23.8 Å². The Balaban J connectivity index is 1.47. The SMILES string of the molecule is CN(C=N)C(=N)C(c1cccc(N2Cc3c(cc(CN4CCOCC4)cc3C(F)(F)F)C2=O)c1)C1CCC1. The van der Waals surface area contributed by atoms with E-state index in [1.165, 1.54) is 15.9 Å². The fourth-order valence-corrected chi connectivity index (χ4v) is 5.64. The molecule has 10 heteroatoms. The van der Waals surface area contributed by atoms with E-state index in [9.17, 15) is 18.0 Å². The summed E-state index contributed by atoms with van der Waals surface area (Å²) in [6.45, 7) is 2.51. The summed E-state index contributed by atoms with van der Waals surface area (Å²) in [6.07, 6.45) is -0.456. The van der Waals surface area contributed by atoms with Crippen LogP contribution in [0.25, 0.3) is 0 Å². The average Bonchev–Trinajstić information content (AvgIpc) is 3.21. The second kappa shape index (κ2) is 10.5. The maximum atomic E-state index is 14.2. The van der Waals surface area contributed by atoms with Gasteiger partial charge in [-0.05, 0) is 59.7 Å². The second-order valence-electron chi connectivity index (χ2n) is 10.3. The number of amidine groups is 1. The minimum absolute atomic E-state index is 0.00505. The van der Waals surface area contributed by atoms with Crippen LogP contribution in [-0.4, -0.2) is 61.2 Å². The quantitative estimate of drug-likeness (QED) is 0.388. The van der Waals surface area contributed by atoms with Gasteiger partial charge in [-0.25, -0.2) is 0 Å². The van der Waals surface area contributed by atoms with Gasteiger partial charge in [-0.15, -0.1) is 0 Å². The molecule has 1 aliphatic carbocycles. The van der Waals surface area contributed by atoms with Crippen LogP contribution < -0.4 is 4.90 Å². The summed E-state index contributed by atoms with van der Waals surface area (Å²) in [7, 11) is 1.67. The molecule has 5 rings (SSSR count). The number of likely N-dealkylation sites (N-methyl/N-ethyl adjacent to an activating group) is 1. The van der Waals surface area contributed by atoms with Crippen LogP contribution in [0.15, 0.2) is 36.4 Å². The molecule has 202 valence electrons. The molecule has 2 heterocycles. The van der Waals surface area contributed by atoms with E-state index < -0.39 is 17.6 Å². The van der Waals surface area contributed by atoms with Gasteiger partial charge in [0.25, 0.3) is 5.91 Å². The van der Waals surface area contributed by atoms with Crippen LogP contribution in [0.4, 0.5) is 18.9 Å². The maximum absolute atomic E-state index is 14.2. The average molecular weight is 528 g/mol. The largest absolute Gasteiger partial charge is 0.416 e. The van der Waals surface area contributed by atoms with E-state index in [1.807, 2.05) is 17.0 Å². The van der Waals surface area contributed by atoms with E-state index in [2.05, 4.69) is 0 Å². The third-order valence-corrected chi connectivity index (χ3v) is 7.95. The molecule has 2 aliphatic heterocycles. The molecular formula is C28H32F3N5O2. The Hall–Kier alpha value is -3.24. The third-order valence-electron chi connectivity index (χ3n) is 7.95. The zero-order valence-electron chi connectivity index (χ0n) is 21.4. The van der Waals surface area contributed by atoms with Gasteiger partial charge >= 0.3 is 6.18 Å². The molecule has 0 aromatic heterocycles. The van der Waals surface area contributed by atoms with Crippen molar-refractivity contribution in [3.63, 3.8) is 0 Å². The van der Waals surface area contributed by atoms with E-state index in [-0.39, 0.29) is 29.5 Å². The maximum Gasteiger partial charge on any atom is 0.416 e. The van der Waals surface area contributed by atoms with Crippen molar-refractivity contribution in [2.75, 3.05) is 38.3 Å². The van der Waals surface area contributed by atoms with Crippen LogP contribution in [0.1, 0.15) is 57.8 Å². The number of alkyl halides is 3. The van der Waals surface area contributed by atoms with E-state index >= 15 is 0 Å². The first kappa shape index (κ1) is 26.4. The molecule has 0 spiro atoms.